The van der Waals surface area contributed by atoms with Crippen LogP contribution in [0.25, 0.3) is 10.8 Å². The van der Waals surface area contributed by atoms with Gasteiger partial charge in [0, 0.05) is 12.6 Å². The quantitative estimate of drug-likeness (QED) is 0.880. The Balaban J connectivity index is 1.69. The minimum atomic E-state index is 0.676. The highest BCUT2D eigenvalue weighted by molar-refractivity contribution is 5.83. The van der Waals surface area contributed by atoms with Gasteiger partial charge in [-0.1, -0.05) is 35.9 Å². The average Bonchev–Trinajstić information content (AvgIpc) is 2.46. The fourth-order valence-corrected chi connectivity index (χ4v) is 2.81. The van der Waals surface area contributed by atoms with Gasteiger partial charge in [0.1, 0.15) is 0 Å². The van der Waals surface area contributed by atoms with Crippen molar-refractivity contribution in [3.8, 4) is 0 Å². The van der Waals surface area contributed by atoms with Crippen LogP contribution in [0.2, 0.25) is 0 Å². The molecule has 3 rings (SSSR count). The number of hydrogen-bond acceptors (Lipinski definition) is 2. The lowest BCUT2D eigenvalue weighted by Crippen LogP contribution is -2.39. The van der Waals surface area contributed by atoms with Crippen molar-refractivity contribution in [3.63, 3.8) is 0 Å². The Hall–Kier alpha value is -1.38. The second-order valence-corrected chi connectivity index (χ2v) is 5.59. The number of rotatable bonds is 3. The molecule has 1 saturated heterocycles. The Morgan fingerprint density at radius 3 is 2.63 bits per heavy atom. The number of fused-ring (bicyclic) bond motifs is 1. The highest BCUT2D eigenvalue weighted by Crippen LogP contribution is 2.18. The first kappa shape index (κ1) is 12.6. The van der Waals surface area contributed by atoms with Gasteiger partial charge in [-0.25, -0.2) is 0 Å². The van der Waals surface area contributed by atoms with Gasteiger partial charge in [-0.05, 0) is 55.3 Å². The normalized spacial score (nSPS) is 16.9. The van der Waals surface area contributed by atoms with E-state index in [1.807, 2.05) is 0 Å². The second kappa shape index (κ2) is 5.72. The van der Waals surface area contributed by atoms with E-state index in [-0.39, 0.29) is 0 Å². The Morgan fingerprint density at radius 1 is 1.05 bits per heavy atom. The van der Waals surface area contributed by atoms with Crippen LogP contribution in [0.15, 0.2) is 36.4 Å². The Bertz CT molecular complexity index is 556. The van der Waals surface area contributed by atoms with Crippen molar-refractivity contribution in [2.75, 3.05) is 13.1 Å². The summed E-state index contributed by atoms with van der Waals surface area (Å²) in [5.41, 5.74) is 2.71. The third-order valence-electron chi connectivity index (χ3n) is 3.99. The van der Waals surface area contributed by atoms with Crippen molar-refractivity contribution in [2.24, 2.45) is 0 Å². The molecule has 1 aliphatic heterocycles. The molecule has 1 fully saturated rings. The van der Waals surface area contributed by atoms with Crippen LogP contribution >= 0.6 is 0 Å². The number of aryl methyl sites for hydroxylation is 1. The summed E-state index contributed by atoms with van der Waals surface area (Å²) in [4.78, 5) is 0. The van der Waals surface area contributed by atoms with Gasteiger partial charge in [0.15, 0.2) is 0 Å². The molecule has 0 atom stereocenters. The molecule has 2 N–H and O–H groups in total. The SMILES string of the molecule is Cc1ccc2cc(CNC3CCNCC3)ccc2c1. The molecular formula is C17H22N2. The Kier molecular flexibility index (Phi) is 3.81. The molecule has 0 aromatic heterocycles. The third kappa shape index (κ3) is 3.14. The zero-order valence-electron chi connectivity index (χ0n) is 11.6. The predicted molar refractivity (Wildman–Crippen MR) is 81.4 cm³/mol. The van der Waals surface area contributed by atoms with Crippen LogP contribution in [0.5, 0.6) is 0 Å². The van der Waals surface area contributed by atoms with E-state index in [9.17, 15) is 0 Å². The molecule has 0 spiro atoms. The summed E-state index contributed by atoms with van der Waals surface area (Å²) in [6.07, 6.45) is 2.49. The summed E-state index contributed by atoms with van der Waals surface area (Å²) in [6.45, 7) is 5.42. The van der Waals surface area contributed by atoms with E-state index in [2.05, 4.69) is 54.0 Å². The summed E-state index contributed by atoms with van der Waals surface area (Å²) in [6, 6.07) is 14.1. The van der Waals surface area contributed by atoms with Gasteiger partial charge in [-0.3, -0.25) is 0 Å². The smallest absolute Gasteiger partial charge is 0.0208 e. The van der Waals surface area contributed by atoms with Crippen LogP contribution in [0.1, 0.15) is 24.0 Å². The average molecular weight is 254 g/mol. The first-order valence-electron chi connectivity index (χ1n) is 7.25. The first-order valence-corrected chi connectivity index (χ1v) is 7.25. The molecule has 19 heavy (non-hydrogen) atoms. The lowest BCUT2D eigenvalue weighted by molar-refractivity contribution is 0.386. The van der Waals surface area contributed by atoms with Crippen molar-refractivity contribution in [1.82, 2.24) is 10.6 Å². The maximum atomic E-state index is 3.67. The molecule has 2 aromatic rings. The molecule has 2 aromatic carbocycles. The molecule has 0 radical (unpaired) electrons. The minimum absolute atomic E-state index is 0.676. The summed E-state index contributed by atoms with van der Waals surface area (Å²) in [7, 11) is 0. The lowest BCUT2D eigenvalue weighted by Gasteiger charge is -2.23. The van der Waals surface area contributed by atoms with Gasteiger partial charge >= 0.3 is 0 Å². The highest BCUT2D eigenvalue weighted by atomic mass is 15.0. The van der Waals surface area contributed by atoms with Crippen LogP contribution in [0, 0.1) is 6.92 Å². The maximum Gasteiger partial charge on any atom is 0.0208 e. The van der Waals surface area contributed by atoms with Gasteiger partial charge in [0.2, 0.25) is 0 Å². The molecule has 1 heterocycles. The maximum absolute atomic E-state index is 3.67. The van der Waals surface area contributed by atoms with Crippen LogP contribution in [0.4, 0.5) is 0 Å². The molecule has 0 unspecified atom stereocenters. The number of piperidine rings is 1. The number of hydrogen-bond donors (Lipinski definition) is 2. The molecule has 2 heteroatoms. The standard InChI is InChI=1S/C17H22N2/c1-13-2-4-16-11-14(3-5-15(16)10-13)12-19-17-6-8-18-9-7-17/h2-5,10-11,17-19H,6-9,12H2,1H3. The monoisotopic (exact) mass is 254 g/mol. The number of nitrogens with one attached hydrogen (secondary N) is 2. The lowest BCUT2D eigenvalue weighted by atomic mass is 10.0. The van der Waals surface area contributed by atoms with Crippen molar-refractivity contribution in [2.45, 2.75) is 32.4 Å². The largest absolute Gasteiger partial charge is 0.317 e. The van der Waals surface area contributed by atoms with Crippen LogP contribution < -0.4 is 10.6 Å². The summed E-state index contributed by atoms with van der Waals surface area (Å²) in [5, 5.41) is 9.76. The zero-order valence-corrected chi connectivity index (χ0v) is 11.6. The minimum Gasteiger partial charge on any atom is -0.317 e. The Labute approximate surface area is 115 Å². The van der Waals surface area contributed by atoms with E-state index in [1.54, 1.807) is 0 Å². The van der Waals surface area contributed by atoms with Crippen LogP contribution in [-0.4, -0.2) is 19.1 Å². The van der Waals surface area contributed by atoms with Gasteiger partial charge in [0.05, 0.1) is 0 Å². The van der Waals surface area contributed by atoms with E-state index in [4.69, 9.17) is 0 Å². The molecular weight excluding hydrogens is 232 g/mol. The zero-order chi connectivity index (χ0) is 13.1. The summed E-state index contributed by atoms with van der Waals surface area (Å²) < 4.78 is 0. The van der Waals surface area contributed by atoms with Crippen molar-refractivity contribution in [3.05, 3.63) is 47.5 Å². The van der Waals surface area contributed by atoms with Crippen molar-refractivity contribution >= 4 is 10.8 Å². The van der Waals surface area contributed by atoms with E-state index < -0.39 is 0 Å². The van der Waals surface area contributed by atoms with E-state index in [1.165, 1.54) is 34.7 Å². The molecule has 0 amide bonds. The molecule has 100 valence electrons. The van der Waals surface area contributed by atoms with E-state index >= 15 is 0 Å². The summed E-state index contributed by atoms with van der Waals surface area (Å²) >= 11 is 0. The predicted octanol–water partition coefficient (Wildman–Crippen LogP) is 2.99. The van der Waals surface area contributed by atoms with E-state index in [0.717, 1.165) is 19.6 Å². The molecule has 0 aliphatic carbocycles. The second-order valence-electron chi connectivity index (χ2n) is 5.59. The van der Waals surface area contributed by atoms with Gasteiger partial charge in [-0.2, -0.15) is 0 Å². The summed E-state index contributed by atoms with van der Waals surface area (Å²) in [5.74, 6) is 0. The highest BCUT2D eigenvalue weighted by Gasteiger charge is 2.11. The molecule has 0 bridgehead atoms. The van der Waals surface area contributed by atoms with E-state index in [0.29, 0.717) is 6.04 Å². The number of benzene rings is 2. The first-order chi connectivity index (χ1) is 9.31. The third-order valence-corrected chi connectivity index (χ3v) is 3.99. The Morgan fingerprint density at radius 2 is 1.79 bits per heavy atom. The topological polar surface area (TPSA) is 24.1 Å². The van der Waals surface area contributed by atoms with Crippen molar-refractivity contribution < 1.29 is 0 Å². The van der Waals surface area contributed by atoms with Crippen LogP contribution in [-0.2, 0) is 6.54 Å². The fraction of sp³-hybridized carbons (Fsp3) is 0.412. The van der Waals surface area contributed by atoms with Gasteiger partial charge < -0.3 is 10.6 Å². The molecule has 1 aliphatic rings. The fourth-order valence-electron chi connectivity index (χ4n) is 2.81. The molecule has 2 nitrogen and oxygen atoms in total. The van der Waals surface area contributed by atoms with Crippen molar-refractivity contribution in [1.29, 1.82) is 0 Å². The van der Waals surface area contributed by atoms with Gasteiger partial charge in [-0.15, -0.1) is 0 Å². The van der Waals surface area contributed by atoms with Gasteiger partial charge in [0.25, 0.3) is 0 Å². The molecule has 0 saturated carbocycles. The van der Waals surface area contributed by atoms with Crippen LogP contribution in [0.3, 0.4) is 0 Å².